The molecule has 158 valence electrons. The molecule has 1 aliphatic rings. The summed E-state index contributed by atoms with van der Waals surface area (Å²) in [6.45, 7) is 4.49. The standard InChI is InChI=1S/C23H21ClN4O2S/c1-15(14-29)28-13-19(17-3-2-16(24)12-20(17)28)23(30)27-9-7-26(8-10-27)22-18-5-11-31-21(18)4-6-25-22/h2-6,11-15H,7-10H2,1H3. The maximum absolute atomic E-state index is 13.4. The maximum Gasteiger partial charge on any atom is 0.256 e. The number of hydrogen-bond acceptors (Lipinski definition) is 5. The van der Waals surface area contributed by atoms with Gasteiger partial charge in [-0.15, -0.1) is 11.3 Å². The molecule has 0 radical (unpaired) electrons. The highest BCUT2D eigenvalue weighted by Gasteiger charge is 2.27. The third-order valence-electron chi connectivity index (χ3n) is 5.89. The minimum Gasteiger partial charge on any atom is -0.353 e. The van der Waals surface area contributed by atoms with E-state index >= 15 is 0 Å². The van der Waals surface area contributed by atoms with Gasteiger partial charge in [0.2, 0.25) is 0 Å². The second kappa shape index (κ2) is 7.98. The lowest BCUT2D eigenvalue weighted by Gasteiger charge is -2.35. The summed E-state index contributed by atoms with van der Waals surface area (Å²) >= 11 is 7.88. The van der Waals surface area contributed by atoms with E-state index in [0.717, 1.165) is 41.5 Å². The molecule has 1 aliphatic heterocycles. The number of halogens is 1. The van der Waals surface area contributed by atoms with Gasteiger partial charge in [0, 0.05) is 59.1 Å². The van der Waals surface area contributed by atoms with Crippen molar-refractivity contribution in [1.29, 1.82) is 0 Å². The fourth-order valence-corrected chi connectivity index (χ4v) is 5.16. The van der Waals surface area contributed by atoms with Crippen molar-refractivity contribution >= 4 is 61.9 Å². The first-order chi connectivity index (χ1) is 15.1. The van der Waals surface area contributed by atoms with Gasteiger partial charge in [0.1, 0.15) is 12.1 Å². The van der Waals surface area contributed by atoms with Crippen LogP contribution in [0.25, 0.3) is 21.0 Å². The molecule has 4 heterocycles. The minimum absolute atomic E-state index is 0.0227. The lowest BCUT2D eigenvalue weighted by atomic mass is 10.1. The number of amides is 1. The van der Waals surface area contributed by atoms with Crippen LogP contribution < -0.4 is 4.90 Å². The molecule has 1 fully saturated rings. The normalized spacial score (nSPS) is 15.5. The van der Waals surface area contributed by atoms with E-state index in [0.29, 0.717) is 23.7 Å². The topological polar surface area (TPSA) is 58.4 Å². The van der Waals surface area contributed by atoms with Gasteiger partial charge in [-0.05, 0) is 36.6 Å². The predicted molar refractivity (Wildman–Crippen MR) is 125 cm³/mol. The smallest absolute Gasteiger partial charge is 0.256 e. The highest BCUT2D eigenvalue weighted by atomic mass is 35.5. The van der Waals surface area contributed by atoms with E-state index in [2.05, 4.69) is 21.3 Å². The molecule has 6 nitrogen and oxygen atoms in total. The Hall–Kier alpha value is -2.90. The fourth-order valence-electron chi connectivity index (χ4n) is 4.22. The van der Waals surface area contributed by atoms with Crippen LogP contribution >= 0.6 is 22.9 Å². The summed E-state index contributed by atoms with van der Waals surface area (Å²) in [4.78, 5) is 33.5. The quantitative estimate of drug-likeness (QED) is 0.424. The SMILES string of the molecule is CC(C=O)n1cc(C(=O)N2CCN(c3nccc4sccc34)CC2)c2ccc(Cl)cc21. The van der Waals surface area contributed by atoms with Crippen LogP contribution in [-0.4, -0.2) is 52.8 Å². The van der Waals surface area contributed by atoms with E-state index in [1.165, 1.54) is 4.70 Å². The van der Waals surface area contributed by atoms with Crippen molar-refractivity contribution in [2.75, 3.05) is 31.1 Å². The third-order valence-corrected chi connectivity index (χ3v) is 7.00. The molecule has 0 aliphatic carbocycles. The van der Waals surface area contributed by atoms with E-state index in [-0.39, 0.29) is 11.9 Å². The van der Waals surface area contributed by atoms with E-state index in [4.69, 9.17) is 11.6 Å². The number of pyridine rings is 1. The van der Waals surface area contributed by atoms with Gasteiger partial charge in [-0.25, -0.2) is 4.98 Å². The summed E-state index contributed by atoms with van der Waals surface area (Å²) in [5.74, 6) is 0.961. The summed E-state index contributed by atoms with van der Waals surface area (Å²) in [6.07, 6.45) is 4.49. The average molecular weight is 453 g/mol. The Balaban J connectivity index is 1.40. The summed E-state index contributed by atoms with van der Waals surface area (Å²) in [6, 6.07) is 9.20. The lowest BCUT2D eigenvalue weighted by molar-refractivity contribution is -0.110. The van der Waals surface area contributed by atoms with Crippen LogP contribution in [0.1, 0.15) is 23.3 Å². The van der Waals surface area contributed by atoms with Crippen molar-refractivity contribution in [3.8, 4) is 0 Å². The number of anilines is 1. The first-order valence-electron chi connectivity index (χ1n) is 10.2. The van der Waals surface area contributed by atoms with Crippen LogP contribution in [0.2, 0.25) is 5.02 Å². The van der Waals surface area contributed by atoms with E-state index in [9.17, 15) is 9.59 Å². The van der Waals surface area contributed by atoms with Gasteiger partial charge in [0.25, 0.3) is 5.91 Å². The highest BCUT2D eigenvalue weighted by molar-refractivity contribution is 7.17. The van der Waals surface area contributed by atoms with Gasteiger partial charge >= 0.3 is 0 Å². The van der Waals surface area contributed by atoms with Crippen molar-refractivity contribution in [2.45, 2.75) is 13.0 Å². The molecule has 1 unspecified atom stereocenters. The number of piperazine rings is 1. The van der Waals surface area contributed by atoms with Crippen molar-refractivity contribution in [2.24, 2.45) is 0 Å². The molecule has 1 atom stereocenters. The van der Waals surface area contributed by atoms with E-state index in [1.54, 1.807) is 36.6 Å². The van der Waals surface area contributed by atoms with Crippen molar-refractivity contribution in [1.82, 2.24) is 14.5 Å². The van der Waals surface area contributed by atoms with Crippen LogP contribution in [-0.2, 0) is 4.79 Å². The van der Waals surface area contributed by atoms with E-state index < -0.39 is 0 Å². The number of rotatable bonds is 4. The second-order valence-corrected chi connectivity index (χ2v) is 9.12. The molecular weight excluding hydrogens is 432 g/mol. The molecule has 1 saturated heterocycles. The molecule has 0 saturated carbocycles. The molecule has 3 aromatic heterocycles. The first kappa shape index (κ1) is 20.0. The zero-order valence-electron chi connectivity index (χ0n) is 17.0. The monoisotopic (exact) mass is 452 g/mol. The van der Waals surface area contributed by atoms with Crippen LogP contribution in [0.5, 0.6) is 0 Å². The molecule has 1 amide bonds. The molecule has 8 heteroatoms. The Labute approximate surface area is 188 Å². The molecule has 1 aromatic carbocycles. The number of thiophene rings is 1. The molecule has 5 rings (SSSR count). The molecule has 0 spiro atoms. The van der Waals surface area contributed by atoms with Gasteiger partial charge in [-0.1, -0.05) is 17.7 Å². The molecule has 31 heavy (non-hydrogen) atoms. The van der Waals surface area contributed by atoms with Crippen LogP contribution in [0.4, 0.5) is 5.82 Å². The second-order valence-electron chi connectivity index (χ2n) is 7.73. The van der Waals surface area contributed by atoms with Crippen LogP contribution in [0.3, 0.4) is 0 Å². The Morgan fingerprint density at radius 1 is 1.16 bits per heavy atom. The zero-order chi connectivity index (χ0) is 21.5. The number of fused-ring (bicyclic) bond motifs is 2. The van der Waals surface area contributed by atoms with Crippen molar-refractivity contribution < 1.29 is 9.59 Å². The summed E-state index contributed by atoms with van der Waals surface area (Å²) in [5.41, 5.74) is 1.40. The summed E-state index contributed by atoms with van der Waals surface area (Å²) < 4.78 is 3.04. The maximum atomic E-state index is 13.4. The predicted octanol–water partition coefficient (Wildman–Crippen LogP) is 4.63. The number of hydrogen-bond donors (Lipinski definition) is 0. The highest BCUT2D eigenvalue weighted by Crippen LogP contribution is 2.31. The molecular formula is C23H21ClN4O2S. The van der Waals surface area contributed by atoms with Crippen LogP contribution in [0, 0.1) is 0 Å². The average Bonchev–Trinajstić information content (AvgIpc) is 3.42. The largest absolute Gasteiger partial charge is 0.353 e. The van der Waals surface area contributed by atoms with E-state index in [1.807, 2.05) is 27.8 Å². The molecule has 0 N–H and O–H groups in total. The number of benzene rings is 1. The van der Waals surface area contributed by atoms with Crippen molar-refractivity contribution in [3.05, 3.63) is 58.7 Å². The lowest BCUT2D eigenvalue weighted by Crippen LogP contribution is -2.49. The first-order valence-corrected chi connectivity index (χ1v) is 11.4. The fraction of sp³-hybridized carbons (Fsp3) is 0.261. The molecule has 4 aromatic rings. The summed E-state index contributed by atoms with van der Waals surface area (Å²) in [5, 5.41) is 4.64. The zero-order valence-corrected chi connectivity index (χ0v) is 18.6. The summed E-state index contributed by atoms with van der Waals surface area (Å²) in [7, 11) is 0. The number of aromatic nitrogens is 2. The number of nitrogens with zero attached hydrogens (tertiary/aromatic N) is 4. The Morgan fingerprint density at radius 3 is 2.74 bits per heavy atom. The Bertz CT molecular complexity index is 1290. The Kier molecular flexibility index (Phi) is 5.16. The number of carbonyl (C=O) groups is 2. The number of carbonyl (C=O) groups excluding carboxylic acids is 2. The van der Waals surface area contributed by atoms with Gasteiger partial charge in [-0.2, -0.15) is 0 Å². The van der Waals surface area contributed by atoms with Gasteiger partial charge in [-0.3, -0.25) is 4.79 Å². The van der Waals surface area contributed by atoms with Crippen molar-refractivity contribution in [3.63, 3.8) is 0 Å². The number of aldehydes is 1. The minimum atomic E-state index is -0.378. The van der Waals surface area contributed by atoms with Gasteiger partial charge < -0.3 is 19.2 Å². The van der Waals surface area contributed by atoms with Crippen LogP contribution in [0.15, 0.2) is 48.1 Å². The third kappa shape index (κ3) is 3.47. The van der Waals surface area contributed by atoms with Gasteiger partial charge in [0.05, 0.1) is 17.1 Å². The molecule has 0 bridgehead atoms. The Morgan fingerprint density at radius 2 is 1.97 bits per heavy atom. The van der Waals surface area contributed by atoms with Gasteiger partial charge in [0.15, 0.2) is 0 Å².